The molecule has 0 bridgehead atoms. The minimum atomic E-state index is -0.515. The molecule has 0 atom stereocenters. The van der Waals surface area contributed by atoms with Crippen LogP contribution in [0, 0.1) is 5.41 Å². The average Bonchev–Trinajstić information content (AvgIpc) is 2.13. The van der Waals surface area contributed by atoms with E-state index in [-0.39, 0.29) is 16.9 Å². The predicted molar refractivity (Wildman–Crippen MR) is 66.4 cm³/mol. The largest absolute Gasteiger partial charge is 0.301 e. The van der Waals surface area contributed by atoms with Crippen molar-refractivity contribution in [2.45, 2.75) is 40.5 Å². The van der Waals surface area contributed by atoms with Crippen LogP contribution in [0.2, 0.25) is 0 Å². The van der Waals surface area contributed by atoms with Crippen molar-refractivity contribution in [3.05, 3.63) is 0 Å². The predicted octanol–water partition coefficient (Wildman–Crippen LogP) is 0.854. The van der Waals surface area contributed by atoms with Gasteiger partial charge in [0.1, 0.15) is 0 Å². The lowest BCUT2D eigenvalue weighted by Gasteiger charge is -2.18. The van der Waals surface area contributed by atoms with Crippen LogP contribution in [0.15, 0.2) is 0 Å². The Morgan fingerprint density at radius 3 is 2.19 bits per heavy atom. The standard InChI is InChI=1S/C10H19N3O2S/c1-5-6-7(14)12-13-9(16)11-8(15)10(2,3)4/h5-6H2,1-4H3,(H,12,14)(H2,11,13,15,16). The highest BCUT2D eigenvalue weighted by Crippen LogP contribution is 2.11. The average molecular weight is 245 g/mol. The topological polar surface area (TPSA) is 70.2 Å². The van der Waals surface area contributed by atoms with Crippen molar-refractivity contribution in [1.29, 1.82) is 0 Å². The highest BCUT2D eigenvalue weighted by Gasteiger charge is 2.21. The molecule has 16 heavy (non-hydrogen) atoms. The van der Waals surface area contributed by atoms with Gasteiger partial charge in [0.2, 0.25) is 11.8 Å². The normalized spacial score (nSPS) is 10.5. The summed E-state index contributed by atoms with van der Waals surface area (Å²) in [6.45, 7) is 7.24. The van der Waals surface area contributed by atoms with Crippen molar-refractivity contribution in [3.63, 3.8) is 0 Å². The third kappa shape index (κ3) is 6.34. The van der Waals surface area contributed by atoms with Gasteiger partial charge in [-0.1, -0.05) is 27.7 Å². The quantitative estimate of drug-likeness (QED) is 0.498. The van der Waals surface area contributed by atoms with Gasteiger partial charge in [-0.05, 0) is 18.6 Å². The molecule has 0 saturated carbocycles. The van der Waals surface area contributed by atoms with E-state index < -0.39 is 5.41 Å². The molecule has 0 rings (SSSR count). The summed E-state index contributed by atoms with van der Waals surface area (Å²) in [4.78, 5) is 22.6. The second-order valence-electron chi connectivity index (χ2n) is 4.46. The molecule has 0 spiro atoms. The number of hydrazine groups is 1. The van der Waals surface area contributed by atoms with Crippen LogP contribution in [0.25, 0.3) is 0 Å². The highest BCUT2D eigenvalue weighted by molar-refractivity contribution is 7.80. The van der Waals surface area contributed by atoms with Gasteiger partial charge in [0.05, 0.1) is 0 Å². The molecule has 0 aromatic rings. The van der Waals surface area contributed by atoms with Gasteiger partial charge in [-0.15, -0.1) is 0 Å². The van der Waals surface area contributed by atoms with Crippen LogP contribution < -0.4 is 16.2 Å². The van der Waals surface area contributed by atoms with E-state index in [0.29, 0.717) is 6.42 Å². The van der Waals surface area contributed by atoms with E-state index in [1.807, 2.05) is 6.92 Å². The molecule has 0 aliphatic rings. The summed E-state index contributed by atoms with van der Waals surface area (Å²) < 4.78 is 0. The first-order valence-electron chi connectivity index (χ1n) is 5.17. The van der Waals surface area contributed by atoms with Gasteiger partial charge in [0, 0.05) is 11.8 Å². The van der Waals surface area contributed by atoms with Gasteiger partial charge >= 0.3 is 0 Å². The summed E-state index contributed by atoms with van der Waals surface area (Å²) in [5.74, 6) is -0.357. The Kier molecular flexibility index (Phi) is 5.95. The Balaban J connectivity index is 3.92. The zero-order valence-corrected chi connectivity index (χ0v) is 11.0. The number of hydrogen-bond acceptors (Lipinski definition) is 3. The molecule has 0 radical (unpaired) electrons. The number of carbonyl (C=O) groups excluding carboxylic acids is 2. The maximum atomic E-state index is 11.5. The molecule has 0 aromatic heterocycles. The van der Waals surface area contributed by atoms with Crippen molar-refractivity contribution < 1.29 is 9.59 Å². The van der Waals surface area contributed by atoms with Crippen molar-refractivity contribution in [2.24, 2.45) is 5.41 Å². The first-order valence-corrected chi connectivity index (χ1v) is 5.58. The fraction of sp³-hybridized carbons (Fsp3) is 0.700. The molecular formula is C10H19N3O2S. The van der Waals surface area contributed by atoms with Crippen LogP contribution >= 0.6 is 12.2 Å². The van der Waals surface area contributed by atoms with Gasteiger partial charge in [-0.2, -0.15) is 0 Å². The third-order valence-electron chi connectivity index (χ3n) is 1.70. The Hall–Kier alpha value is -1.17. The summed E-state index contributed by atoms with van der Waals surface area (Å²) in [7, 11) is 0. The first-order chi connectivity index (χ1) is 7.27. The number of amides is 2. The number of thiocarbonyl (C=S) groups is 1. The highest BCUT2D eigenvalue weighted by atomic mass is 32.1. The maximum absolute atomic E-state index is 11.5. The van der Waals surface area contributed by atoms with Crippen LogP contribution in [0.3, 0.4) is 0 Å². The molecule has 0 heterocycles. The van der Waals surface area contributed by atoms with Crippen molar-refractivity contribution in [1.82, 2.24) is 16.2 Å². The second kappa shape index (κ2) is 6.42. The minimum absolute atomic E-state index is 0.101. The molecule has 2 amide bonds. The van der Waals surface area contributed by atoms with Gasteiger partial charge in [-0.3, -0.25) is 20.4 Å². The summed E-state index contributed by atoms with van der Waals surface area (Å²) in [6.07, 6.45) is 1.18. The van der Waals surface area contributed by atoms with E-state index in [9.17, 15) is 9.59 Å². The number of rotatable bonds is 2. The lowest BCUT2D eigenvalue weighted by molar-refractivity contribution is -0.127. The molecule has 0 aromatic carbocycles. The van der Waals surface area contributed by atoms with E-state index in [1.165, 1.54) is 0 Å². The van der Waals surface area contributed by atoms with E-state index in [4.69, 9.17) is 12.2 Å². The maximum Gasteiger partial charge on any atom is 0.238 e. The van der Waals surface area contributed by atoms with Crippen molar-refractivity contribution in [2.75, 3.05) is 0 Å². The van der Waals surface area contributed by atoms with E-state index in [1.54, 1.807) is 20.8 Å². The smallest absolute Gasteiger partial charge is 0.238 e. The van der Waals surface area contributed by atoms with Gasteiger partial charge in [0.25, 0.3) is 0 Å². The molecule has 0 unspecified atom stereocenters. The zero-order valence-electron chi connectivity index (χ0n) is 10.1. The lowest BCUT2D eigenvalue weighted by atomic mass is 9.96. The SMILES string of the molecule is CCCC(=O)NNC(=S)NC(=O)C(C)(C)C. The van der Waals surface area contributed by atoms with Gasteiger partial charge in [-0.25, -0.2) is 0 Å². The molecule has 5 nitrogen and oxygen atoms in total. The van der Waals surface area contributed by atoms with Crippen molar-refractivity contribution >= 4 is 29.1 Å². The van der Waals surface area contributed by atoms with Gasteiger partial charge < -0.3 is 5.32 Å². The van der Waals surface area contributed by atoms with Crippen LogP contribution in [-0.2, 0) is 9.59 Å². The van der Waals surface area contributed by atoms with E-state index >= 15 is 0 Å². The molecule has 92 valence electrons. The summed E-state index contributed by atoms with van der Waals surface area (Å²) in [5.41, 5.74) is 4.35. The van der Waals surface area contributed by atoms with Crippen LogP contribution in [0.1, 0.15) is 40.5 Å². The molecular weight excluding hydrogens is 226 g/mol. The van der Waals surface area contributed by atoms with Crippen LogP contribution in [0.4, 0.5) is 0 Å². The zero-order chi connectivity index (χ0) is 12.8. The first kappa shape index (κ1) is 14.8. The molecule has 0 aliphatic heterocycles. The summed E-state index contributed by atoms with van der Waals surface area (Å²) >= 11 is 4.84. The number of carbonyl (C=O) groups is 2. The van der Waals surface area contributed by atoms with Crippen LogP contribution in [-0.4, -0.2) is 16.9 Å². The molecule has 0 fully saturated rings. The monoisotopic (exact) mass is 245 g/mol. The Bertz CT molecular complexity index is 284. The van der Waals surface area contributed by atoms with Crippen LogP contribution in [0.5, 0.6) is 0 Å². The Morgan fingerprint density at radius 2 is 1.75 bits per heavy atom. The minimum Gasteiger partial charge on any atom is -0.301 e. The van der Waals surface area contributed by atoms with E-state index in [2.05, 4.69) is 16.2 Å². The third-order valence-corrected chi connectivity index (χ3v) is 1.90. The van der Waals surface area contributed by atoms with E-state index in [0.717, 1.165) is 6.42 Å². The molecule has 3 N–H and O–H groups in total. The number of nitrogens with one attached hydrogen (secondary N) is 3. The van der Waals surface area contributed by atoms with Gasteiger partial charge in [0.15, 0.2) is 5.11 Å². The summed E-state index contributed by atoms with van der Waals surface area (Å²) in [5, 5.41) is 2.59. The lowest BCUT2D eigenvalue weighted by Crippen LogP contribution is -2.50. The Morgan fingerprint density at radius 1 is 1.19 bits per heavy atom. The fourth-order valence-corrected chi connectivity index (χ4v) is 0.882. The molecule has 0 aliphatic carbocycles. The fourth-order valence-electron chi connectivity index (χ4n) is 0.738. The summed E-state index contributed by atoms with van der Waals surface area (Å²) in [6, 6.07) is 0. The Labute approximate surface area is 101 Å². The molecule has 6 heteroatoms. The molecule has 0 saturated heterocycles. The number of hydrogen-bond donors (Lipinski definition) is 3. The van der Waals surface area contributed by atoms with Crippen molar-refractivity contribution in [3.8, 4) is 0 Å². The second-order valence-corrected chi connectivity index (χ2v) is 4.86.